The van der Waals surface area contributed by atoms with Gasteiger partial charge in [0, 0.05) is 37.4 Å². The molecular weight excluding hydrogens is 348 g/mol. The number of carbonyl (C=O) groups is 1. The summed E-state index contributed by atoms with van der Waals surface area (Å²) in [5.74, 6) is 1.67. The summed E-state index contributed by atoms with van der Waals surface area (Å²) < 4.78 is 7.12. The van der Waals surface area contributed by atoms with E-state index in [-0.39, 0.29) is 5.91 Å². The average Bonchev–Trinajstić information content (AvgIpc) is 2.72. The number of likely N-dealkylation sites (tertiary alicyclic amines) is 1. The number of nitrogens with one attached hydrogen (secondary N) is 1. The zero-order valence-electron chi connectivity index (χ0n) is 16.8. The molecule has 1 saturated heterocycles. The molecule has 0 atom stereocenters. The first-order chi connectivity index (χ1) is 13.6. The van der Waals surface area contributed by atoms with Crippen molar-refractivity contribution in [2.45, 2.75) is 38.0 Å². The van der Waals surface area contributed by atoms with Gasteiger partial charge >= 0.3 is 0 Å². The molecule has 0 radical (unpaired) electrons. The number of benzene rings is 2. The molecule has 2 aromatic rings. The zero-order valence-corrected chi connectivity index (χ0v) is 16.8. The smallest absolute Gasteiger partial charge is 0.224 e. The van der Waals surface area contributed by atoms with Crippen LogP contribution in [0.1, 0.15) is 42.7 Å². The third-order valence-electron chi connectivity index (χ3n) is 6.39. The van der Waals surface area contributed by atoms with E-state index in [9.17, 15) is 4.79 Å². The first kappa shape index (κ1) is 19.0. The lowest BCUT2D eigenvalue weighted by Crippen LogP contribution is -2.50. The number of carbonyl (C=O) groups excluding carboxylic acids is 1. The molecule has 0 aliphatic carbocycles. The molecule has 2 heterocycles. The fourth-order valence-electron chi connectivity index (χ4n) is 4.55. The Morgan fingerprint density at radius 3 is 2.64 bits per heavy atom. The van der Waals surface area contributed by atoms with E-state index < -0.39 is 0 Å². The van der Waals surface area contributed by atoms with Crippen molar-refractivity contribution in [1.82, 2.24) is 0 Å². The van der Waals surface area contributed by atoms with Crippen LogP contribution in [0.25, 0.3) is 0 Å². The van der Waals surface area contributed by atoms with E-state index in [1.54, 1.807) is 0 Å². The van der Waals surface area contributed by atoms with Crippen LogP contribution in [-0.4, -0.2) is 43.7 Å². The van der Waals surface area contributed by atoms with Gasteiger partial charge in [0.25, 0.3) is 0 Å². The van der Waals surface area contributed by atoms with Gasteiger partial charge in [-0.05, 0) is 29.5 Å². The number of hydrogen-bond acceptors (Lipinski definition) is 2. The van der Waals surface area contributed by atoms with Crippen molar-refractivity contribution in [1.29, 1.82) is 0 Å². The highest BCUT2D eigenvalue weighted by Crippen LogP contribution is 2.31. The van der Waals surface area contributed by atoms with E-state index in [4.69, 9.17) is 4.74 Å². The fourth-order valence-corrected chi connectivity index (χ4v) is 4.55. The maximum absolute atomic E-state index is 11.6. The number of fused-ring (bicyclic) bond motifs is 1. The van der Waals surface area contributed by atoms with Crippen molar-refractivity contribution in [3.8, 4) is 5.75 Å². The normalized spacial score (nSPS) is 24.3. The average molecular weight is 380 g/mol. The van der Waals surface area contributed by atoms with Crippen LogP contribution in [-0.2, 0) is 11.2 Å². The van der Waals surface area contributed by atoms with Gasteiger partial charge in [-0.15, -0.1) is 0 Å². The Kier molecular flexibility index (Phi) is 5.67. The van der Waals surface area contributed by atoms with Crippen molar-refractivity contribution in [3.05, 3.63) is 59.7 Å². The van der Waals surface area contributed by atoms with E-state index in [1.807, 2.05) is 12.1 Å². The number of quaternary nitrogens is 1. The molecule has 0 bridgehead atoms. The summed E-state index contributed by atoms with van der Waals surface area (Å²) in [6.07, 6.45) is 4.99. The quantitative estimate of drug-likeness (QED) is 0.598. The van der Waals surface area contributed by atoms with Gasteiger partial charge < -0.3 is 14.5 Å². The van der Waals surface area contributed by atoms with Gasteiger partial charge in [-0.2, -0.15) is 0 Å². The molecule has 2 aromatic carbocycles. The Labute approximate surface area is 168 Å². The van der Waals surface area contributed by atoms with Gasteiger partial charge in [0.1, 0.15) is 5.75 Å². The molecule has 1 amide bonds. The molecule has 2 aliphatic heterocycles. The molecule has 0 saturated carbocycles. The SMILES string of the molecule is C[N+]1(CCCOc2ccc3c(c2)NC(=O)CC3)CCC(c2ccccc2)CC1. The van der Waals surface area contributed by atoms with Gasteiger partial charge in [0.05, 0.1) is 33.3 Å². The van der Waals surface area contributed by atoms with Crippen LogP contribution in [0.3, 0.4) is 0 Å². The van der Waals surface area contributed by atoms with E-state index in [0.29, 0.717) is 12.3 Å². The highest BCUT2D eigenvalue weighted by molar-refractivity contribution is 5.94. The third kappa shape index (κ3) is 4.56. The summed E-state index contributed by atoms with van der Waals surface area (Å²) in [6, 6.07) is 17.0. The molecule has 148 valence electrons. The zero-order chi connectivity index (χ0) is 19.4. The van der Waals surface area contributed by atoms with Crippen LogP contribution in [0.2, 0.25) is 0 Å². The number of hydrogen-bond donors (Lipinski definition) is 1. The molecule has 4 nitrogen and oxygen atoms in total. The largest absolute Gasteiger partial charge is 0.493 e. The topological polar surface area (TPSA) is 38.3 Å². The summed E-state index contributed by atoms with van der Waals surface area (Å²) in [4.78, 5) is 11.6. The molecule has 4 rings (SSSR count). The number of nitrogens with zero attached hydrogens (tertiary/aromatic N) is 1. The molecule has 4 heteroatoms. The number of piperidine rings is 1. The monoisotopic (exact) mass is 379 g/mol. The minimum absolute atomic E-state index is 0.0981. The summed E-state index contributed by atoms with van der Waals surface area (Å²) in [7, 11) is 2.38. The first-order valence-electron chi connectivity index (χ1n) is 10.6. The van der Waals surface area contributed by atoms with Crippen LogP contribution < -0.4 is 10.1 Å². The number of amides is 1. The lowest BCUT2D eigenvalue weighted by atomic mass is 9.88. The summed E-state index contributed by atoms with van der Waals surface area (Å²) in [6.45, 7) is 4.36. The van der Waals surface area contributed by atoms with E-state index >= 15 is 0 Å². The van der Waals surface area contributed by atoms with Crippen molar-refractivity contribution in [3.63, 3.8) is 0 Å². The molecule has 1 fully saturated rings. The van der Waals surface area contributed by atoms with Gasteiger partial charge in [-0.25, -0.2) is 0 Å². The van der Waals surface area contributed by atoms with Crippen LogP contribution in [0.4, 0.5) is 5.69 Å². The molecule has 28 heavy (non-hydrogen) atoms. The molecule has 0 unspecified atom stereocenters. The van der Waals surface area contributed by atoms with Crippen LogP contribution in [0, 0.1) is 0 Å². The maximum Gasteiger partial charge on any atom is 0.224 e. The number of aryl methyl sites for hydroxylation is 1. The number of rotatable bonds is 6. The van der Waals surface area contributed by atoms with Crippen molar-refractivity contribution in [2.24, 2.45) is 0 Å². The Hall–Kier alpha value is -2.33. The number of anilines is 1. The minimum Gasteiger partial charge on any atom is -0.493 e. The fraction of sp³-hybridized carbons (Fsp3) is 0.458. The van der Waals surface area contributed by atoms with Crippen molar-refractivity contribution >= 4 is 11.6 Å². The lowest BCUT2D eigenvalue weighted by molar-refractivity contribution is -0.914. The predicted molar refractivity (Wildman–Crippen MR) is 113 cm³/mol. The van der Waals surface area contributed by atoms with Gasteiger partial charge in [0.15, 0.2) is 0 Å². The summed E-state index contributed by atoms with van der Waals surface area (Å²) >= 11 is 0. The van der Waals surface area contributed by atoms with Gasteiger partial charge in [-0.3, -0.25) is 4.79 Å². The summed E-state index contributed by atoms with van der Waals surface area (Å²) in [5, 5.41) is 2.94. The highest BCUT2D eigenvalue weighted by Gasteiger charge is 2.30. The molecule has 0 aromatic heterocycles. The minimum atomic E-state index is 0.0981. The Morgan fingerprint density at radius 2 is 1.86 bits per heavy atom. The van der Waals surface area contributed by atoms with Crippen LogP contribution in [0.5, 0.6) is 5.75 Å². The Morgan fingerprint density at radius 1 is 1.07 bits per heavy atom. The molecule has 1 N–H and O–H groups in total. The van der Waals surface area contributed by atoms with Crippen molar-refractivity contribution < 1.29 is 14.0 Å². The van der Waals surface area contributed by atoms with E-state index in [2.05, 4.69) is 48.8 Å². The highest BCUT2D eigenvalue weighted by atomic mass is 16.5. The second-order valence-corrected chi connectivity index (χ2v) is 8.54. The molecule has 0 spiro atoms. The van der Waals surface area contributed by atoms with E-state index in [1.165, 1.54) is 37.1 Å². The second kappa shape index (κ2) is 8.36. The molecule has 2 aliphatic rings. The van der Waals surface area contributed by atoms with Crippen molar-refractivity contribution in [2.75, 3.05) is 38.6 Å². The number of ether oxygens (including phenoxy) is 1. The van der Waals surface area contributed by atoms with Gasteiger partial charge in [0.2, 0.25) is 5.91 Å². The Bertz CT molecular complexity index is 811. The lowest BCUT2D eigenvalue weighted by Gasteiger charge is -2.40. The predicted octanol–water partition coefficient (Wildman–Crippen LogP) is 4.36. The van der Waals surface area contributed by atoms with Crippen LogP contribution in [0.15, 0.2) is 48.5 Å². The summed E-state index contributed by atoms with van der Waals surface area (Å²) in [5.41, 5.74) is 3.61. The standard InChI is InChI=1S/C24H30N2O2/c1-26(15-12-20(13-16-26)19-6-3-2-4-7-19)14-5-17-28-22-10-8-21-9-11-24(27)25-23(21)18-22/h2-4,6-8,10,18,20H,5,9,11-17H2,1H3/p+1. The first-order valence-corrected chi connectivity index (χ1v) is 10.6. The Balaban J connectivity index is 1.22. The second-order valence-electron chi connectivity index (χ2n) is 8.54. The molecular formula is C24H31N2O2+. The van der Waals surface area contributed by atoms with Gasteiger partial charge in [-0.1, -0.05) is 36.4 Å². The third-order valence-corrected chi connectivity index (χ3v) is 6.39. The maximum atomic E-state index is 11.6. The van der Waals surface area contributed by atoms with Crippen LogP contribution >= 0.6 is 0 Å². The van der Waals surface area contributed by atoms with E-state index in [0.717, 1.165) is 41.9 Å².